The highest BCUT2D eigenvalue weighted by Gasteiger charge is 2.38. The van der Waals surface area contributed by atoms with Gasteiger partial charge in [-0.15, -0.1) is 0 Å². The molecule has 0 saturated heterocycles. The van der Waals surface area contributed by atoms with Crippen LogP contribution in [-0.4, -0.2) is 6.54 Å². The Morgan fingerprint density at radius 3 is 2.86 bits per heavy atom. The van der Waals surface area contributed by atoms with Gasteiger partial charge in [0.05, 0.1) is 0 Å². The Labute approximate surface area is 84.1 Å². The molecular formula is C12H16FN. The van der Waals surface area contributed by atoms with Gasteiger partial charge in [0.1, 0.15) is 5.82 Å². The molecule has 0 spiro atoms. The predicted octanol–water partition coefficient (Wildman–Crippen LogP) is 2.23. The number of halogens is 1. The highest BCUT2D eigenvalue weighted by atomic mass is 19.1. The van der Waals surface area contributed by atoms with E-state index in [1.807, 2.05) is 6.07 Å². The van der Waals surface area contributed by atoms with Gasteiger partial charge >= 0.3 is 0 Å². The Kier molecular flexibility index (Phi) is 2.11. The van der Waals surface area contributed by atoms with Crippen LogP contribution in [0.1, 0.15) is 25.0 Å². The molecule has 1 aliphatic carbocycles. The van der Waals surface area contributed by atoms with Crippen LogP contribution >= 0.6 is 0 Å². The van der Waals surface area contributed by atoms with Crippen LogP contribution in [0.25, 0.3) is 0 Å². The SMILES string of the molecule is CC1(C)c2cc(F)ccc2CC1CN. The van der Waals surface area contributed by atoms with Crippen LogP contribution in [0.15, 0.2) is 18.2 Å². The van der Waals surface area contributed by atoms with Crippen LogP contribution in [0, 0.1) is 11.7 Å². The van der Waals surface area contributed by atoms with Crippen molar-refractivity contribution in [3.63, 3.8) is 0 Å². The van der Waals surface area contributed by atoms with E-state index in [2.05, 4.69) is 13.8 Å². The van der Waals surface area contributed by atoms with E-state index in [1.165, 1.54) is 11.6 Å². The van der Waals surface area contributed by atoms with E-state index in [1.54, 1.807) is 6.07 Å². The zero-order chi connectivity index (χ0) is 10.3. The van der Waals surface area contributed by atoms with Crippen molar-refractivity contribution in [2.75, 3.05) is 6.54 Å². The summed E-state index contributed by atoms with van der Waals surface area (Å²) >= 11 is 0. The maximum absolute atomic E-state index is 13.1. The van der Waals surface area contributed by atoms with E-state index >= 15 is 0 Å². The largest absolute Gasteiger partial charge is 0.330 e. The Morgan fingerprint density at radius 1 is 1.50 bits per heavy atom. The second-order valence-electron chi connectivity index (χ2n) is 4.66. The van der Waals surface area contributed by atoms with Gasteiger partial charge in [0.2, 0.25) is 0 Å². The number of hydrogen-bond acceptors (Lipinski definition) is 1. The second kappa shape index (κ2) is 3.06. The molecule has 14 heavy (non-hydrogen) atoms. The van der Waals surface area contributed by atoms with Gasteiger partial charge in [-0.05, 0) is 47.6 Å². The molecule has 0 bridgehead atoms. The molecule has 1 aromatic carbocycles. The third-order valence-corrected chi connectivity index (χ3v) is 3.54. The maximum Gasteiger partial charge on any atom is 0.123 e. The minimum Gasteiger partial charge on any atom is -0.330 e. The van der Waals surface area contributed by atoms with Gasteiger partial charge in [-0.25, -0.2) is 4.39 Å². The quantitative estimate of drug-likeness (QED) is 0.727. The summed E-state index contributed by atoms with van der Waals surface area (Å²) in [6.07, 6.45) is 0.985. The molecule has 2 heteroatoms. The number of benzene rings is 1. The van der Waals surface area contributed by atoms with Crippen molar-refractivity contribution in [2.24, 2.45) is 11.7 Å². The van der Waals surface area contributed by atoms with Crippen molar-refractivity contribution in [3.05, 3.63) is 35.1 Å². The van der Waals surface area contributed by atoms with Crippen LogP contribution in [0.4, 0.5) is 4.39 Å². The summed E-state index contributed by atoms with van der Waals surface area (Å²) in [5.41, 5.74) is 8.14. The molecule has 1 nitrogen and oxygen atoms in total. The molecule has 0 aromatic heterocycles. The van der Waals surface area contributed by atoms with Crippen molar-refractivity contribution >= 4 is 0 Å². The molecule has 1 atom stereocenters. The fraction of sp³-hybridized carbons (Fsp3) is 0.500. The van der Waals surface area contributed by atoms with Gasteiger partial charge in [0.15, 0.2) is 0 Å². The molecule has 0 saturated carbocycles. The number of hydrogen-bond donors (Lipinski definition) is 1. The van der Waals surface area contributed by atoms with Gasteiger partial charge in [-0.2, -0.15) is 0 Å². The van der Waals surface area contributed by atoms with Crippen molar-refractivity contribution in [1.82, 2.24) is 0 Å². The summed E-state index contributed by atoms with van der Waals surface area (Å²) in [6.45, 7) is 4.97. The van der Waals surface area contributed by atoms with Crippen LogP contribution in [-0.2, 0) is 11.8 Å². The van der Waals surface area contributed by atoms with E-state index in [0.717, 1.165) is 12.0 Å². The molecule has 2 rings (SSSR count). The fourth-order valence-corrected chi connectivity index (χ4v) is 2.44. The maximum atomic E-state index is 13.1. The first kappa shape index (κ1) is 9.66. The van der Waals surface area contributed by atoms with E-state index in [9.17, 15) is 4.39 Å². The fourth-order valence-electron chi connectivity index (χ4n) is 2.44. The smallest absolute Gasteiger partial charge is 0.123 e. The first-order valence-corrected chi connectivity index (χ1v) is 5.04. The molecular weight excluding hydrogens is 177 g/mol. The zero-order valence-corrected chi connectivity index (χ0v) is 8.68. The van der Waals surface area contributed by atoms with Crippen molar-refractivity contribution < 1.29 is 4.39 Å². The van der Waals surface area contributed by atoms with E-state index in [0.29, 0.717) is 12.5 Å². The Morgan fingerprint density at radius 2 is 2.21 bits per heavy atom. The standard InChI is InChI=1S/C12H16FN/c1-12(2)9(7-14)5-8-3-4-10(13)6-11(8)12/h3-4,6,9H,5,7,14H2,1-2H3. The summed E-state index contributed by atoms with van der Waals surface area (Å²) in [5, 5.41) is 0. The van der Waals surface area contributed by atoms with Gasteiger partial charge in [-0.3, -0.25) is 0 Å². The minimum absolute atomic E-state index is 0.0200. The molecule has 0 heterocycles. The Hall–Kier alpha value is -0.890. The van der Waals surface area contributed by atoms with Crippen LogP contribution in [0.5, 0.6) is 0 Å². The molecule has 1 unspecified atom stereocenters. The topological polar surface area (TPSA) is 26.0 Å². The van der Waals surface area contributed by atoms with Crippen molar-refractivity contribution in [2.45, 2.75) is 25.7 Å². The normalized spacial score (nSPS) is 23.6. The predicted molar refractivity (Wildman–Crippen MR) is 55.7 cm³/mol. The third kappa shape index (κ3) is 1.25. The summed E-state index contributed by atoms with van der Waals surface area (Å²) < 4.78 is 13.1. The lowest BCUT2D eigenvalue weighted by Gasteiger charge is -2.27. The zero-order valence-electron chi connectivity index (χ0n) is 8.68. The summed E-state index contributed by atoms with van der Waals surface area (Å²) in [6, 6.07) is 5.08. The highest BCUT2D eigenvalue weighted by Crippen LogP contribution is 2.42. The first-order valence-electron chi connectivity index (χ1n) is 5.04. The minimum atomic E-state index is -0.144. The van der Waals surface area contributed by atoms with Crippen LogP contribution in [0.2, 0.25) is 0 Å². The molecule has 0 aliphatic heterocycles. The summed E-state index contributed by atoms with van der Waals surface area (Å²) in [5.74, 6) is 0.300. The highest BCUT2D eigenvalue weighted by molar-refractivity contribution is 5.40. The van der Waals surface area contributed by atoms with E-state index < -0.39 is 0 Å². The van der Waals surface area contributed by atoms with Crippen LogP contribution in [0.3, 0.4) is 0 Å². The average Bonchev–Trinajstić information content (AvgIpc) is 2.38. The Bertz CT molecular complexity index is 357. The average molecular weight is 193 g/mol. The van der Waals surface area contributed by atoms with Gasteiger partial charge in [0, 0.05) is 0 Å². The monoisotopic (exact) mass is 193 g/mol. The lowest BCUT2D eigenvalue weighted by Crippen LogP contribution is -2.30. The Balaban J connectivity index is 2.50. The number of fused-ring (bicyclic) bond motifs is 1. The molecule has 1 aliphatic rings. The number of nitrogens with two attached hydrogens (primary N) is 1. The lowest BCUT2D eigenvalue weighted by atomic mass is 9.78. The first-order chi connectivity index (χ1) is 6.55. The van der Waals surface area contributed by atoms with E-state index in [4.69, 9.17) is 5.73 Å². The van der Waals surface area contributed by atoms with Crippen molar-refractivity contribution in [3.8, 4) is 0 Å². The summed E-state index contributed by atoms with van der Waals surface area (Å²) in [7, 11) is 0. The van der Waals surface area contributed by atoms with Gasteiger partial charge < -0.3 is 5.73 Å². The summed E-state index contributed by atoms with van der Waals surface area (Å²) in [4.78, 5) is 0. The third-order valence-electron chi connectivity index (χ3n) is 3.54. The number of rotatable bonds is 1. The lowest BCUT2D eigenvalue weighted by molar-refractivity contribution is 0.357. The molecule has 0 amide bonds. The van der Waals surface area contributed by atoms with Crippen molar-refractivity contribution in [1.29, 1.82) is 0 Å². The van der Waals surface area contributed by atoms with Crippen LogP contribution < -0.4 is 5.73 Å². The molecule has 2 N–H and O–H groups in total. The molecule has 1 aromatic rings. The second-order valence-corrected chi connectivity index (χ2v) is 4.66. The van der Waals surface area contributed by atoms with Gasteiger partial charge in [0.25, 0.3) is 0 Å². The van der Waals surface area contributed by atoms with E-state index in [-0.39, 0.29) is 11.2 Å². The molecule has 76 valence electrons. The molecule has 0 fully saturated rings. The van der Waals surface area contributed by atoms with Gasteiger partial charge in [-0.1, -0.05) is 19.9 Å². The molecule has 0 radical (unpaired) electrons.